The van der Waals surface area contributed by atoms with E-state index in [1.165, 1.54) is 0 Å². The summed E-state index contributed by atoms with van der Waals surface area (Å²) in [5, 5.41) is 12.6. The Hall–Kier alpha value is -3.16. The van der Waals surface area contributed by atoms with Gasteiger partial charge in [0, 0.05) is 49.8 Å². The summed E-state index contributed by atoms with van der Waals surface area (Å²) in [7, 11) is 0. The van der Waals surface area contributed by atoms with Crippen LogP contribution >= 0.6 is 0 Å². The van der Waals surface area contributed by atoms with Crippen LogP contribution in [0.1, 0.15) is 34.5 Å². The largest absolute Gasteiger partial charge is 0.392 e. The van der Waals surface area contributed by atoms with Crippen molar-refractivity contribution in [3.8, 4) is 11.4 Å². The Morgan fingerprint density at radius 1 is 1.03 bits per heavy atom. The zero-order valence-corrected chi connectivity index (χ0v) is 16.7. The molecule has 3 heterocycles. The van der Waals surface area contributed by atoms with E-state index in [0.29, 0.717) is 11.4 Å². The van der Waals surface area contributed by atoms with Crippen molar-refractivity contribution in [2.75, 3.05) is 13.1 Å². The van der Waals surface area contributed by atoms with Crippen molar-refractivity contribution in [1.82, 2.24) is 25.2 Å². The van der Waals surface area contributed by atoms with E-state index in [1.807, 2.05) is 48.7 Å². The second-order valence-corrected chi connectivity index (χ2v) is 7.46. The smallest absolute Gasteiger partial charge is 0.254 e. The second kappa shape index (κ2) is 9.56. The lowest BCUT2D eigenvalue weighted by atomic mass is 10.0. The molecule has 0 bridgehead atoms. The minimum absolute atomic E-state index is 0.0825. The summed E-state index contributed by atoms with van der Waals surface area (Å²) in [4.78, 5) is 28.0. The number of hydrogen-bond acceptors (Lipinski definition) is 6. The summed E-state index contributed by atoms with van der Waals surface area (Å²) in [6.07, 6.45) is 6.71. The molecule has 0 atom stereocenters. The van der Waals surface area contributed by atoms with E-state index in [2.05, 4.69) is 25.2 Å². The van der Waals surface area contributed by atoms with E-state index in [0.717, 1.165) is 49.3 Å². The molecule has 7 nitrogen and oxygen atoms in total. The number of hydrogen-bond donors (Lipinski definition) is 2. The van der Waals surface area contributed by atoms with Crippen LogP contribution in [-0.2, 0) is 13.2 Å². The normalized spacial score (nSPS) is 15.1. The average molecular weight is 403 g/mol. The zero-order chi connectivity index (χ0) is 20.8. The molecule has 0 aliphatic carbocycles. The van der Waals surface area contributed by atoms with Crippen molar-refractivity contribution >= 4 is 5.91 Å². The predicted molar refractivity (Wildman–Crippen MR) is 113 cm³/mol. The fourth-order valence-corrected chi connectivity index (χ4v) is 3.69. The third-order valence-corrected chi connectivity index (χ3v) is 5.38. The number of amides is 1. The number of benzene rings is 1. The molecule has 0 spiro atoms. The van der Waals surface area contributed by atoms with E-state index in [4.69, 9.17) is 0 Å². The number of rotatable bonds is 6. The molecule has 0 saturated carbocycles. The Kier molecular flexibility index (Phi) is 6.41. The quantitative estimate of drug-likeness (QED) is 0.657. The van der Waals surface area contributed by atoms with E-state index >= 15 is 0 Å². The molecule has 3 aromatic rings. The van der Waals surface area contributed by atoms with Crippen LogP contribution < -0.4 is 5.32 Å². The highest BCUT2D eigenvalue weighted by Gasteiger charge is 2.22. The standard InChI is InChI=1S/C23H25N5O2/c29-16-17-5-1-2-7-21(17)22-25-13-18(14-26-22)23(30)27-19-8-11-28(12-9-19)15-20-6-3-4-10-24-20/h1-7,10,13-14,19,29H,8-9,11-12,15-16H2,(H,27,30). The van der Waals surface area contributed by atoms with Crippen LogP contribution in [0, 0.1) is 0 Å². The molecule has 4 rings (SSSR count). The first-order chi connectivity index (χ1) is 14.7. The van der Waals surface area contributed by atoms with Gasteiger partial charge in [-0.2, -0.15) is 0 Å². The summed E-state index contributed by atoms with van der Waals surface area (Å²) in [5.74, 6) is 0.346. The van der Waals surface area contributed by atoms with Gasteiger partial charge in [-0.15, -0.1) is 0 Å². The van der Waals surface area contributed by atoms with Crippen LogP contribution in [0.5, 0.6) is 0 Å². The minimum Gasteiger partial charge on any atom is -0.392 e. The van der Waals surface area contributed by atoms with Crippen molar-refractivity contribution < 1.29 is 9.90 Å². The molecule has 1 amide bonds. The third-order valence-electron chi connectivity index (χ3n) is 5.38. The molecule has 7 heteroatoms. The number of carbonyl (C=O) groups excluding carboxylic acids is 1. The number of pyridine rings is 1. The van der Waals surface area contributed by atoms with Gasteiger partial charge in [-0.25, -0.2) is 9.97 Å². The van der Waals surface area contributed by atoms with Crippen molar-refractivity contribution in [1.29, 1.82) is 0 Å². The topological polar surface area (TPSA) is 91.2 Å². The molecule has 2 N–H and O–H groups in total. The van der Waals surface area contributed by atoms with Crippen molar-refractivity contribution in [3.05, 3.63) is 77.9 Å². The molecule has 0 radical (unpaired) electrons. The van der Waals surface area contributed by atoms with Crippen molar-refractivity contribution in [3.63, 3.8) is 0 Å². The first kappa shape index (κ1) is 20.1. The molecule has 154 valence electrons. The van der Waals surface area contributed by atoms with Crippen LogP contribution in [0.25, 0.3) is 11.4 Å². The third kappa shape index (κ3) is 4.87. The summed E-state index contributed by atoms with van der Waals surface area (Å²) >= 11 is 0. The highest BCUT2D eigenvalue weighted by Crippen LogP contribution is 2.20. The molecular weight excluding hydrogens is 378 g/mol. The van der Waals surface area contributed by atoms with E-state index in [-0.39, 0.29) is 18.6 Å². The molecule has 1 aromatic carbocycles. The summed E-state index contributed by atoms with van der Waals surface area (Å²) in [6, 6.07) is 13.5. The molecule has 1 aliphatic rings. The highest BCUT2D eigenvalue weighted by atomic mass is 16.3. The number of aliphatic hydroxyl groups excluding tert-OH is 1. The van der Waals surface area contributed by atoms with E-state index < -0.39 is 0 Å². The van der Waals surface area contributed by atoms with Crippen LogP contribution in [-0.4, -0.2) is 50.0 Å². The fourth-order valence-electron chi connectivity index (χ4n) is 3.69. The Balaban J connectivity index is 1.31. The number of carbonyl (C=O) groups is 1. The van der Waals surface area contributed by atoms with Gasteiger partial charge < -0.3 is 10.4 Å². The Morgan fingerprint density at radius 3 is 2.47 bits per heavy atom. The van der Waals surface area contributed by atoms with Crippen LogP contribution in [0.2, 0.25) is 0 Å². The van der Waals surface area contributed by atoms with Gasteiger partial charge in [-0.05, 0) is 30.5 Å². The van der Waals surface area contributed by atoms with Gasteiger partial charge >= 0.3 is 0 Å². The predicted octanol–water partition coefficient (Wildman–Crippen LogP) is 2.43. The second-order valence-electron chi connectivity index (χ2n) is 7.46. The van der Waals surface area contributed by atoms with Gasteiger partial charge in [0.15, 0.2) is 5.82 Å². The first-order valence-corrected chi connectivity index (χ1v) is 10.2. The summed E-state index contributed by atoms with van der Waals surface area (Å²) in [5.41, 5.74) is 3.04. The Morgan fingerprint density at radius 2 is 1.77 bits per heavy atom. The number of aromatic nitrogens is 3. The SMILES string of the molecule is O=C(NC1CCN(Cc2ccccn2)CC1)c1cnc(-c2ccccc2CO)nc1. The Bertz CT molecular complexity index is 970. The average Bonchev–Trinajstić information content (AvgIpc) is 2.81. The maximum atomic E-state index is 12.6. The maximum absolute atomic E-state index is 12.6. The molecule has 1 aliphatic heterocycles. The maximum Gasteiger partial charge on any atom is 0.254 e. The van der Waals surface area contributed by atoms with Gasteiger partial charge in [0.2, 0.25) is 0 Å². The van der Waals surface area contributed by atoms with Gasteiger partial charge in [-0.1, -0.05) is 30.3 Å². The number of nitrogens with zero attached hydrogens (tertiary/aromatic N) is 4. The fraction of sp³-hybridized carbons (Fsp3) is 0.304. The zero-order valence-electron chi connectivity index (χ0n) is 16.7. The van der Waals surface area contributed by atoms with Crippen molar-refractivity contribution in [2.45, 2.75) is 32.0 Å². The Labute approximate surface area is 175 Å². The van der Waals surface area contributed by atoms with Crippen LogP contribution in [0.15, 0.2) is 61.1 Å². The summed E-state index contributed by atoms with van der Waals surface area (Å²) < 4.78 is 0. The lowest BCUT2D eigenvalue weighted by Crippen LogP contribution is -2.44. The van der Waals surface area contributed by atoms with Gasteiger partial charge in [0.1, 0.15) is 0 Å². The molecule has 30 heavy (non-hydrogen) atoms. The molecular formula is C23H25N5O2. The van der Waals surface area contributed by atoms with Gasteiger partial charge in [-0.3, -0.25) is 14.7 Å². The molecule has 2 aromatic heterocycles. The van der Waals surface area contributed by atoms with Crippen molar-refractivity contribution in [2.24, 2.45) is 0 Å². The van der Waals surface area contributed by atoms with Gasteiger partial charge in [0.05, 0.1) is 17.9 Å². The monoisotopic (exact) mass is 403 g/mol. The van der Waals surface area contributed by atoms with E-state index in [9.17, 15) is 9.90 Å². The van der Waals surface area contributed by atoms with Crippen LogP contribution in [0.3, 0.4) is 0 Å². The lowest BCUT2D eigenvalue weighted by Gasteiger charge is -2.32. The number of likely N-dealkylation sites (tertiary alicyclic amines) is 1. The number of nitrogens with one attached hydrogen (secondary N) is 1. The van der Waals surface area contributed by atoms with Gasteiger partial charge in [0.25, 0.3) is 5.91 Å². The number of piperidine rings is 1. The highest BCUT2D eigenvalue weighted by molar-refractivity contribution is 5.93. The first-order valence-electron chi connectivity index (χ1n) is 10.2. The molecule has 1 saturated heterocycles. The number of aliphatic hydroxyl groups is 1. The lowest BCUT2D eigenvalue weighted by molar-refractivity contribution is 0.0907. The van der Waals surface area contributed by atoms with E-state index in [1.54, 1.807) is 12.4 Å². The minimum atomic E-state index is -0.153. The molecule has 0 unspecified atom stereocenters. The van der Waals surface area contributed by atoms with Crippen LogP contribution in [0.4, 0.5) is 0 Å². The summed E-state index contributed by atoms with van der Waals surface area (Å²) in [6.45, 7) is 2.61. The molecule has 1 fully saturated rings.